The number of hydrogen-bond donors (Lipinski definition) is 2. The highest BCUT2D eigenvalue weighted by Gasteiger charge is 2.34. The normalized spacial score (nSPS) is 16.4. The second-order valence-corrected chi connectivity index (χ2v) is 10.9. The SMILES string of the molecule is C#C[C@@H]1CN(C[C@@H](Oc2cc(C)c(C(=O)O)cc2C(=O)NCC)c2ccc(C)c(F)n2)CCN1C(=O)OC(C)(C)C. The second-order valence-electron chi connectivity index (χ2n) is 10.9. The number of nitrogens with zero attached hydrogens (tertiary/aromatic N) is 3. The molecule has 2 heterocycles. The van der Waals surface area contributed by atoms with Crippen LogP contribution < -0.4 is 10.1 Å². The van der Waals surface area contributed by atoms with Crippen molar-refractivity contribution in [2.75, 3.05) is 32.7 Å². The number of carboxylic acid groups (broad SMARTS) is 1. The van der Waals surface area contributed by atoms with Gasteiger partial charge in [-0.15, -0.1) is 6.42 Å². The van der Waals surface area contributed by atoms with Crippen molar-refractivity contribution in [2.24, 2.45) is 0 Å². The summed E-state index contributed by atoms with van der Waals surface area (Å²) in [4.78, 5) is 45.0. The summed E-state index contributed by atoms with van der Waals surface area (Å²) in [6, 6.07) is 5.40. The molecular formula is C30H37FN4O6. The Morgan fingerprint density at radius 1 is 1.20 bits per heavy atom. The van der Waals surface area contributed by atoms with Gasteiger partial charge in [-0.1, -0.05) is 12.0 Å². The van der Waals surface area contributed by atoms with Crippen molar-refractivity contribution in [3.63, 3.8) is 0 Å². The van der Waals surface area contributed by atoms with Gasteiger partial charge in [0.2, 0.25) is 5.95 Å². The summed E-state index contributed by atoms with van der Waals surface area (Å²) in [5, 5.41) is 12.3. The Hall–Kier alpha value is -4.17. The van der Waals surface area contributed by atoms with Gasteiger partial charge in [0.05, 0.1) is 16.8 Å². The van der Waals surface area contributed by atoms with Crippen molar-refractivity contribution in [1.82, 2.24) is 20.1 Å². The van der Waals surface area contributed by atoms with Gasteiger partial charge >= 0.3 is 12.1 Å². The molecule has 1 aliphatic heterocycles. The number of nitrogens with one attached hydrogen (secondary N) is 1. The van der Waals surface area contributed by atoms with Crippen LogP contribution in [0, 0.1) is 32.1 Å². The quantitative estimate of drug-likeness (QED) is 0.363. The molecule has 2 aromatic rings. The number of halogens is 1. The smallest absolute Gasteiger partial charge is 0.411 e. The number of rotatable bonds is 8. The highest BCUT2D eigenvalue weighted by atomic mass is 19.1. The Kier molecular flexibility index (Phi) is 9.94. The third-order valence-corrected chi connectivity index (χ3v) is 6.50. The maximum atomic E-state index is 14.6. The number of piperazine rings is 1. The molecule has 220 valence electrons. The van der Waals surface area contributed by atoms with Gasteiger partial charge in [0, 0.05) is 38.3 Å². The molecule has 2 amide bonds. The van der Waals surface area contributed by atoms with Crippen LogP contribution in [0.4, 0.5) is 9.18 Å². The van der Waals surface area contributed by atoms with Gasteiger partial charge in [0.1, 0.15) is 17.4 Å². The van der Waals surface area contributed by atoms with Crippen LogP contribution in [0.5, 0.6) is 5.75 Å². The van der Waals surface area contributed by atoms with E-state index in [0.717, 1.165) is 0 Å². The number of ether oxygens (including phenoxy) is 2. The van der Waals surface area contributed by atoms with Crippen LogP contribution in [0.3, 0.4) is 0 Å². The Balaban J connectivity index is 1.95. The summed E-state index contributed by atoms with van der Waals surface area (Å²) in [5.41, 5.74) is 0.343. The molecule has 2 atom stereocenters. The Bertz CT molecular complexity index is 1350. The summed E-state index contributed by atoms with van der Waals surface area (Å²) < 4.78 is 26.4. The lowest BCUT2D eigenvalue weighted by Crippen LogP contribution is -2.56. The maximum absolute atomic E-state index is 14.6. The fourth-order valence-corrected chi connectivity index (χ4v) is 4.41. The Morgan fingerprint density at radius 3 is 2.49 bits per heavy atom. The van der Waals surface area contributed by atoms with Crippen LogP contribution in [0.25, 0.3) is 0 Å². The van der Waals surface area contributed by atoms with E-state index in [9.17, 15) is 23.9 Å². The number of pyridine rings is 1. The molecule has 11 heteroatoms. The Labute approximate surface area is 239 Å². The number of terminal acetylenes is 1. The van der Waals surface area contributed by atoms with Gasteiger partial charge in [-0.3, -0.25) is 14.6 Å². The average Bonchev–Trinajstić information content (AvgIpc) is 2.88. The highest BCUT2D eigenvalue weighted by Crippen LogP contribution is 2.30. The van der Waals surface area contributed by atoms with Crippen LogP contribution in [-0.4, -0.2) is 82.2 Å². The molecule has 1 aromatic carbocycles. The molecule has 0 spiro atoms. The predicted octanol–water partition coefficient (Wildman–Crippen LogP) is 3.96. The number of aromatic nitrogens is 1. The van der Waals surface area contributed by atoms with E-state index >= 15 is 0 Å². The van der Waals surface area contributed by atoms with Crippen molar-refractivity contribution in [2.45, 2.75) is 59.3 Å². The van der Waals surface area contributed by atoms with E-state index in [1.54, 1.807) is 53.7 Å². The van der Waals surface area contributed by atoms with Gasteiger partial charge in [0.25, 0.3) is 5.91 Å². The van der Waals surface area contributed by atoms with Crippen LogP contribution in [0.2, 0.25) is 0 Å². The molecule has 1 aromatic heterocycles. The third-order valence-electron chi connectivity index (χ3n) is 6.50. The van der Waals surface area contributed by atoms with Gasteiger partial charge in [-0.2, -0.15) is 4.39 Å². The van der Waals surface area contributed by atoms with Gasteiger partial charge in [-0.05, 0) is 65.3 Å². The van der Waals surface area contributed by atoms with Crippen molar-refractivity contribution < 1.29 is 33.4 Å². The molecule has 0 aliphatic carbocycles. The molecule has 0 unspecified atom stereocenters. The first-order valence-electron chi connectivity index (χ1n) is 13.4. The third kappa shape index (κ3) is 7.95. The van der Waals surface area contributed by atoms with E-state index in [-0.39, 0.29) is 29.1 Å². The lowest BCUT2D eigenvalue weighted by atomic mass is 10.0. The fourth-order valence-electron chi connectivity index (χ4n) is 4.41. The molecule has 2 N–H and O–H groups in total. The van der Waals surface area contributed by atoms with Crippen molar-refractivity contribution in [3.05, 3.63) is 58.2 Å². The maximum Gasteiger partial charge on any atom is 0.411 e. The minimum absolute atomic E-state index is 0.0312. The summed E-state index contributed by atoms with van der Waals surface area (Å²) >= 11 is 0. The zero-order chi connectivity index (χ0) is 30.5. The number of amides is 2. The summed E-state index contributed by atoms with van der Waals surface area (Å²) in [6.07, 6.45) is 4.42. The zero-order valence-corrected chi connectivity index (χ0v) is 24.3. The van der Waals surface area contributed by atoms with Gasteiger partial charge < -0.3 is 19.9 Å². The van der Waals surface area contributed by atoms with E-state index < -0.39 is 41.7 Å². The van der Waals surface area contributed by atoms with Gasteiger partial charge in [0.15, 0.2) is 6.10 Å². The van der Waals surface area contributed by atoms with E-state index in [4.69, 9.17) is 15.9 Å². The summed E-state index contributed by atoms with van der Waals surface area (Å²) in [5.74, 6) is 0.436. The molecule has 1 fully saturated rings. The number of carbonyl (C=O) groups is 3. The lowest BCUT2D eigenvalue weighted by Gasteiger charge is -2.40. The number of carbonyl (C=O) groups excluding carboxylic acids is 2. The minimum Gasteiger partial charge on any atom is -0.482 e. The number of aryl methyl sites for hydroxylation is 2. The molecule has 0 saturated carbocycles. The average molecular weight is 569 g/mol. The van der Waals surface area contributed by atoms with Crippen molar-refractivity contribution >= 4 is 18.0 Å². The molecule has 1 saturated heterocycles. The fraction of sp³-hybridized carbons (Fsp3) is 0.467. The Morgan fingerprint density at radius 2 is 1.90 bits per heavy atom. The molecular weight excluding hydrogens is 531 g/mol. The van der Waals surface area contributed by atoms with Crippen LogP contribution >= 0.6 is 0 Å². The molecule has 3 rings (SSSR count). The van der Waals surface area contributed by atoms with E-state index in [2.05, 4.69) is 16.2 Å². The first-order chi connectivity index (χ1) is 19.2. The van der Waals surface area contributed by atoms with E-state index in [1.807, 2.05) is 4.90 Å². The number of aromatic carboxylic acids is 1. The minimum atomic E-state index is -1.18. The first kappa shape index (κ1) is 31.4. The number of benzene rings is 1. The summed E-state index contributed by atoms with van der Waals surface area (Å²) in [6.45, 7) is 11.8. The topological polar surface area (TPSA) is 121 Å². The van der Waals surface area contributed by atoms with Crippen molar-refractivity contribution in [3.8, 4) is 18.1 Å². The van der Waals surface area contributed by atoms with Gasteiger partial charge in [-0.25, -0.2) is 14.6 Å². The largest absolute Gasteiger partial charge is 0.482 e. The predicted molar refractivity (Wildman–Crippen MR) is 150 cm³/mol. The molecule has 1 aliphatic rings. The van der Waals surface area contributed by atoms with Crippen LogP contribution in [0.1, 0.15) is 71.3 Å². The van der Waals surface area contributed by atoms with E-state index in [0.29, 0.717) is 37.3 Å². The van der Waals surface area contributed by atoms with E-state index in [1.165, 1.54) is 17.0 Å². The van der Waals surface area contributed by atoms with Crippen molar-refractivity contribution in [1.29, 1.82) is 0 Å². The highest BCUT2D eigenvalue weighted by molar-refractivity contribution is 6.00. The number of hydrogen-bond acceptors (Lipinski definition) is 7. The molecule has 41 heavy (non-hydrogen) atoms. The monoisotopic (exact) mass is 568 g/mol. The second kappa shape index (κ2) is 13.0. The standard InChI is InChI=1S/C30H37FN4O6/c1-8-20-16-34(12-13-35(20)29(39)41-30(5,6)7)17-25(23-11-10-18(3)26(31)33-23)40-24-14-19(4)21(28(37)38)15-22(24)27(36)32-9-2/h1,10-11,14-15,20,25H,9,12-13,16-17H2,2-7H3,(H,32,36)(H,37,38)/t20-,25-/m1/s1. The zero-order valence-electron chi connectivity index (χ0n) is 24.3. The van der Waals surface area contributed by atoms with Crippen LogP contribution in [0.15, 0.2) is 24.3 Å². The number of carboxylic acids is 1. The molecule has 0 radical (unpaired) electrons. The molecule has 0 bridgehead atoms. The summed E-state index contributed by atoms with van der Waals surface area (Å²) in [7, 11) is 0. The lowest BCUT2D eigenvalue weighted by molar-refractivity contribution is 0.00234. The van der Waals surface area contributed by atoms with Crippen LogP contribution in [-0.2, 0) is 4.74 Å². The molecule has 10 nitrogen and oxygen atoms in total. The first-order valence-corrected chi connectivity index (χ1v) is 13.4.